The van der Waals surface area contributed by atoms with Crippen molar-refractivity contribution in [3.8, 4) is 0 Å². The minimum atomic E-state index is -1.22. The molecule has 0 radical (unpaired) electrons. The molecular formula is C14H29N3O3. The van der Waals surface area contributed by atoms with Crippen molar-refractivity contribution in [1.29, 1.82) is 0 Å². The maximum atomic E-state index is 11.9. The highest BCUT2D eigenvalue weighted by atomic mass is 16.4. The quantitative estimate of drug-likeness (QED) is 0.632. The van der Waals surface area contributed by atoms with Gasteiger partial charge >= 0.3 is 12.0 Å². The fourth-order valence-electron chi connectivity index (χ4n) is 2.25. The first kappa shape index (κ1) is 18.7. The van der Waals surface area contributed by atoms with Crippen LogP contribution in [0.25, 0.3) is 0 Å². The molecule has 6 heteroatoms. The van der Waals surface area contributed by atoms with Gasteiger partial charge in [-0.15, -0.1) is 0 Å². The molecule has 0 aromatic carbocycles. The summed E-state index contributed by atoms with van der Waals surface area (Å²) in [6.07, 6.45) is 1.09. The fraction of sp³-hybridized carbons (Fsp3) is 0.857. The van der Waals surface area contributed by atoms with Crippen LogP contribution in [0.1, 0.15) is 40.5 Å². The number of carboxylic acids is 1. The number of carbonyl (C=O) groups is 2. The van der Waals surface area contributed by atoms with Crippen molar-refractivity contribution in [3.63, 3.8) is 0 Å². The molecule has 3 N–H and O–H groups in total. The van der Waals surface area contributed by atoms with Gasteiger partial charge in [-0.25, -0.2) is 9.59 Å². The van der Waals surface area contributed by atoms with E-state index in [0.29, 0.717) is 19.4 Å². The molecule has 0 spiro atoms. The van der Waals surface area contributed by atoms with Crippen LogP contribution in [0.4, 0.5) is 4.79 Å². The summed E-state index contributed by atoms with van der Waals surface area (Å²) in [7, 11) is 3.95. The summed E-state index contributed by atoms with van der Waals surface area (Å²) in [4.78, 5) is 25.2. The standard InChI is InChI=1S/C14H29N3O3/c1-7-8-14(4,11(18)19)16-12(20)15-9-13(2,3)10-17(5)6/h7-10H2,1-6H3,(H,18,19)(H2,15,16,20). The van der Waals surface area contributed by atoms with Gasteiger partial charge in [0, 0.05) is 13.1 Å². The molecule has 0 aliphatic heterocycles. The van der Waals surface area contributed by atoms with Gasteiger partial charge in [-0.2, -0.15) is 0 Å². The number of carboxylic acid groups (broad SMARTS) is 1. The smallest absolute Gasteiger partial charge is 0.329 e. The molecule has 0 saturated carbocycles. The summed E-state index contributed by atoms with van der Waals surface area (Å²) in [5.41, 5.74) is -1.30. The third kappa shape index (κ3) is 6.75. The van der Waals surface area contributed by atoms with Crippen molar-refractivity contribution in [3.05, 3.63) is 0 Å². The molecule has 0 fully saturated rings. The van der Waals surface area contributed by atoms with E-state index in [1.54, 1.807) is 0 Å². The van der Waals surface area contributed by atoms with Crippen molar-refractivity contribution in [2.24, 2.45) is 5.41 Å². The monoisotopic (exact) mass is 287 g/mol. The van der Waals surface area contributed by atoms with Crippen LogP contribution < -0.4 is 10.6 Å². The molecule has 0 aliphatic rings. The molecule has 1 atom stereocenters. The van der Waals surface area contributed by atoms with Crippen molar-refractivity contribution in [2.75, 3.05) is 27.2 Å². The fourth-order valence-corrected chi connectivity index (χ4v) is 2.25. The number of amides is 2. The average Bonchev–Trinajstić information content (AvgIpc) is 2.25. The van der Waals surface area contributed by atoms with Gasteiger partial charge in [-0.05, 0) is 32.9 Å². The minimum Gasteiger partial charge on any atom is -0.480 e. The molecule has 1 unspecified atom stereocenters. The van der Waals surface area contributed by atoms with Crippen LogP contribution in [0.5, 0.6) is 0 Å². The summed E-state index contributed by atoms with van der Waals surface area (Å²) < 4.78 is 0. The molecule has 0 aliphatic carbocycles. The molecular weight excluding hydrogens is 258 g/mol. The van der Waals surface area contributed by atoms with E-state index in [2.05, 4.69) is 29.4 Å². The first-order valence-corrected chi connectivity index (χ1v) is 6.96. The van der Waals surface area contributed by atoms with Crippen molar-refractivity contribution in [2.45, 2.75) is 46.1 Å². The lowest BCUT2D eigenvalue weighted by atomic mass is 9.93. The number of rotatable bonds is 8. The van der Waals surface area contributed by atoms with E-state index < -0.39 is 17.5 Å². The van der Waals surface area contributed by atoms with Crippen molar-refractivity contribution in [1.82, 2.24) is 15.5 Å². The van der Waals surface area contributed by atoms with Crippen molar-refractivity contribution >= 4 is 12.0 Å². The Bertz CT molecular complexity index is 343. The Morgan fingerprint density at radius 3 is 2.15 bits per heavy atom. The first-order valence-electron chi connectivity index (χ1n) is 6.96. The van der Waals surface area contributed by atoms with E-state index in [1.807, 2.05) is 21.0 Å². The van der Waals surface area contributed by atoms with Gasteiger partial charge in [0.2, 0.25) is 0 Å². The third-order valence-electron chi connectivity index (χ3n) is 3.08. The van der Waals surface area contributed by atoms with Gasteiger partial charge in [0.15, 0.2) is 0 Å². The largest absolute Gasteiger partial charge is 0.480 e. The second-order valence-electron chi connectivity index (χ2n) is 6.60. The van der Waals surface area contributed by atoms with E-state index in [4.69, 9.17) is 0 Å². The van der Waals surface area contributed by atoms with Gasteiger partial charge in [0.1, 0.15) is 5.54 Å². The zero-order chi connectivity index (χ0) is 16.0. The van der Waals surface area contributed by atoms with Crippen LogP contribution in [0.2, 0.25) is 0 Å². The van der Waals surface area contributed by atoms with Gasteiger partial charge in [-0.3, -0.25) is 0 Å². The van der Waals surface area contributed by atoms with Crippen LogP contribution in [-0.2, 0) is 4.79 Å². The Morgan fingerprint density at radius 2 is 1.75 bits per heavy atom. The van der Waals surface area contributed by atoms with Gasteiger partial charge < -0.3 is 20.6 Å². The van der Waals surface area contributed by atoms with Crippen LogP contribution in [0.15, 0.2) is 0 Å². The number of urea groups is 1. The lowest BCUT2D eigenvalue weighted by molar-refractivity contribution is -0.144. The molecule has 2 amide bonds. The van der Waals surface area contributed by atoms with Crippen LogP contribution in [0, 0.1) is 5.41 Å². The van der Waals surface area contributed by atoms with E-state index in [-0.39, 0.29) is 5.41 Å². The maximum absolute atomic E-state index is 11.9. The third-order valence-corrected chi connectivity index (χ3v) is 3.08. The zero-order valence-corrected chi connectivity index (χ0v) is 13.5. The Hall–Kier alpha value is -1.30. The highest BCUT2D eigenvalue weighted by Gasteiger charge is 2.34. The van der Waals surface area contributed by atoms with E-state index in [9.17, 15) is 14.7 Å². The Labute approximate surface area is 121 Å². The summed E-state index contributed by atoms with van der Waals surface area (Å²) in [6, 6.07) is -0.435. The predicted octanol–water partition coefficient (Wildman–Crippen LogP) is 1.52. The first-order chi connectivity index (χ1) is 9.02. The highest BCUT2D eigenvalue weighted by molar-refractivity contribution is 5.85. The number of nitrogens with zero attached hydrogens (tertiary/aromatic N) is 1. The molecule has 20 heavy (non-hydrogen) atoms. The molecule has 0 saturated heterocycles. The van der Waals surface area contributed by atoms with Crippen molar-refractivity contribution < 1.29 is 14.7 Å². The van der Waals surface area contributed by atoms with Gasteiger partial charge in [0.25, 0.3) is 0 Å². The van der Waals surface area contributed by atoms with Gasteiger partial charge in [-0.1, -0.05) is 27.2 Å². The molecule has 0 bridgehead atoms. The second-order valence-corrected chi connectivity index (χ2v) is 6.60. The lowest BCUT2D eigenvalue weighted by Crippen LogP contribution is -2.56. The normalized spacial score (nSPS) is 14.8. The summed E-state index contributed by atoms with van der Waals surface area (Å²) in [6.45, 7) is 8.84. The van der Waals surface area contributed by atoms with E-state index in [1.165, 1.54) is 6.92 Å². The van der Waals surface area contributed by atoms with Crippen LogP contribution >= 0.6 is 0 Å². The summed E-state index contributed by atoms with van der Waals surface area (Å²) >= 11 is 0. The lowest BCUT2D eigenvalue weighted by Gasteiger charge is -2.30. The highest BCUT2D eigenvalue weighted by Crippen LogP contribution is 2.15. The Balaban J connectivity index is 4.45. The Morgan fingerprint density at radius 1 is 1.20 bits per heavy atom. The molecule has 0 aromatic rings. The summed E-state index contributed by atoms with van der Waals surface area (Å²) in [5.74, 6) is -1.01. The number of nitrogens with one attached hydrogen (secondary N) is 2. The molecule has 6 nitrogen and oxygen atoms in total. The molecule has 0 aromatic heterocycles. The van der Waals surface area contributed by atoms with E-state index in [0.717, 1.165) is 6.54 Å². The SMILES string of the molecule is CCCC(C)(NC(=O)NCC(C)(C)CN(C)C)C(=O)O. The molecule has 118 valence electrons. The van der Waals surface area contributed by atoms with Gasteiger partial charge in [0.05, 0.1) is 0 Å². The predicted molar refractivity (Wildman–Crippen MR) is 79.8 cm³/mol. The topological polar surface area (TPSA) is 81.7 Å². The minimum absolute atomic E-state index is 0.0782. The second kappa shape index (κ2) is 7.47. The van der Waals surface area contributed by atoms with Crippen LogP contribution in [-0.4, -0.2) is 54.7 Å². The maximum Gasteiger partial charge on any atom is 0.329 e. The van der Waals surface area contributed by atoms with Crippen LogP contribution in [0.3, 0.4) is 0 Å². The van der Waals surface area contributed by atoms with E-state index >= 15 is 0 Å². The molecule has 0 rings (SSSR count). The average molecular weight is 287 g/mol. The molecule has 0 heterocycles. The number of carbonyl (C=O) groups excluding carboxylic acids is 1. The number of hydrogen-bond acceptors (Lipinski definition) is 3. The number of aliphatic carboxylic acids is 1. The zero-order valence-electron chi connectivity index (χ0n) is 13.5. The Kier molecular flexibility index (Phi) is 6.99. The number of hydrogen-bond donors (Lipinski definition) is 3. The summed E-state index contributed by atoms with van der Waals surface area (Å²) in [5, 5.41) is 14.5.